The Hall–Kier alpha value is -0.520. The quantitative estimate of drug-likeness (QED) is 0.686. The largest absolute Gasteiger partial charge is 0.464 e. The highest BCUT2D eigenvalue weighted by atomic mass is 79.9. The summed E-state index contributed by atoms with van der Waals surface area (Å²) >= 11 is 4.80. The van der Waals surface area contributed by atoms with Crippen molar-refractivity contribution >= 4 is 33.7 Å². The lowest BCUT2D eigenvalue weighted by molar-refractivity contribution is -0.153. The first-order chi connectivity index (χ1) is 7.61. The van der Waals surface area contributed by atoms with Crippen molar-refractivity contribution < 1.29 is 14.6 Å². The Morgan fingerprint density at radius 3 is 2.88 bits per heavy atom. The summed E-state index contributed by atoms with van der Waals surface area (Å²) in [5.74, 6) is -0.621. The summed E-state index contributed by atoms with van der Waals surface area (Å²) in [5.41, 5.74) is 0.563. The molecule has 5 heteroatoms. The molecule has 3 nitrogen and oxygen atoms in total. The minimum atomic E-state index is -1.24. The number of benzene rings is 1. The van der Waals surface area contributed by atoms with Crippen LogP contribution in [0.1, 0.15) is 18.6 Å². The molecule has 0 spiro atoms. The lowest BCUT2D eigenvalue weighted by Crippen LogP contribution is -2.16. The van der Waals surface area contributed by atoms with Gasteiger partial charge in [0.25, 0.3) is 0 Å². The maximum atomic E-state index is 11.5. The molecule has 16 heavy (non-hydrogen) atoms. The number of esters is 1. The maximum absolute atomic E-state index is 11.5. The van der Waals surface area contributed by atoms with Gasteiger partial charge < -0.3 is 9.84 Å². The molecule has 0 aliphatic carbocycles. The average molecular weight is 305 g/mol. The van der Waals surface area contributed by atoms with Crippen LogP contribution in [-0.4, -0.2) is 23.9 Å². The maximum Gasteiger partial charge on any atom is 0.339 e. The second-order valence-electron chi connectivity index (χ2n) is 3.01. The van der Waals surface area contributed by atoms with E-state index in [2.05, 4.69) is 15.9 Å². The predicted octanol–water partition coefficient (Wildman–Crippen LogP) is 2.77. The number of hydrogen-bond acceptors (Lipinski definition) is 4. The van der Waals surface area contributed by atoms with Crippen LogP contribution in [0, 0.1) is 0 Å². The molecule has 0 saturated heterocycles. The SMILES string of the molecule is CCOC(=O)C(O)c1c(Br)cccc1SC. The molecular formula is C11H13BrO3S. The van der Waals surface area contributed by atoms with Crippen LogP contribution in [-0.2, 0) is 9.53 Å². The van der Waals surface area contributed by atoms with Crippen molar-refractivity contribution in [2.24, 2.45) is 0 Å². The van der Waals surface area contributed by atoms with Crippen molar-refractivity contribution in [1.82, 2.24) is 0 Å². The van der Waals surface area contributed by atoms with Crippen LogP contribution in [0.5, 0.6) is 0 Å². The van der Waals surface area contributed by atoms with Gasteiger partial charge in [-0.3, -0.25) is 0 Å². The zero-order valence-corrected chi connectivity index (χ0v) is 11.5. The lowest BCUT2D eigenvalue weighted by atomic mass is 10.1. The van der Waals surface area contributed by atoms with Gasteiger partial charge in [-0.25, -0.2) is 4.79 Å². The van der Waals surface area contributed by atoms with Gasteiger partial charge in [0, 0.05) is 14.9 Å². The highest BCUT2D eigenvalue weighted by Crippen LogP contribution is 2.32. The highest BCUT2D eigenvalue weighted by Gasteiger charge is 2.23. The van der Waals surface area contributed by atoms with Crippen molar-refractivity contribution in [1.29, 1.82) is 0 Å². The van der Waals surface area contributed by atoms with Gasteiger partial charge in [0.05, 0.1) is 6.61 Å². The van der Waals surface area contributed by atoms with Crippen molar-refractivity contribution in [3.63, 3.8) is 0 Å². The number of ether oxygens (including phenoxy) is 1. The van der Waals surface area contributed by atoms with Gasteiger partial charge in [-0.15, -0.1) is 11.8 Å². The number of thioether (sulfide) groups is 1. The molecule has 88 valence electrons. The number of aliphatic hydroxyl groups is 1. The fourth-order valence-corrected chi connectivity index (χ4v) is 2.67. The molecule has 0 saturated carbocycles. The summed E-state index contributed by atoms with van der Waals surface area (Å²) in [7, 11) is 0. The molecule has 1 rings (SSSR count). The summed E-state index contributed by atoms with van der Waals surface area (Å²) in [5, 5.41) is 9.90. The Morgan fingerprint density at radius 2 is 2.31 bits per heavy atom. The summed E-state index contributed by atoms with van der Waals surface area (Å²) < 4.78 is 5.50. The summed E-state index contributed by atoms with van der Waals surface area (Å²) in [6.07, 6.45) is 0.654. The van der Waals surface area contributed by atoms with Gasteiger partial charge in [-0.05, 0) is 25.3 Å². The van der Waals surface area contributed by atoms with Gasteiger partial charge in [-0.2, -0.15) is 0 Å². The Balaban J connectivity index is 3.06. The molecule has 0 bridgehead atoms. The summed E-state index contributed by atoms with van der Waals surface area (Å²) in [4.78, 5) is 12.3. The summed E-state index contributed by atoms with van der Waals surface area (Å²) in [6.45, 7) is 1.97. The number of hydrogen-bond donors (Lipinski definition) is 1. The number of halogens is 1. The summed E-state index contributed by atoms with van der Waals surface area (Å²) in [6, 6.07) is 5.50. The molecule has 1 N–H and O–H groups in total. The third kappa shape index (κ3) is 2.99. The van der Waals surface area contributed by atoms with Crippen LogP contribution in [0.3, 0.4) is 0 Å². The van der Waals surface area contributed by atoms with Crippen molar-refractivity contribution in [3.8, 4) is 0 Å². The minimum Gasteiger partial charge on any atom is -0.464 e. The molecule has 0 radical (unpaired) electrons. The van der Waals surface area contributed by atoms with Crippen LogP contribution in [0.15, 0.2) is 27.6 Å². The first-order valence-electron chi connectivity index (χ1n) is 4.78. The molecule has 0 aliphatic rings. The van der Waals surface area contributed by atoms with Crippen LogP contribution >= 0.6 is 27.7 Å². The molecule has 0 aromatic heterocycles. The van der Waals surface area contributed by atoms with Crippen molar-refractivity contribution in [3.05, 3.63) is 28.2 Å². The second-order valence-corrected chi connectivity index (χ2v) is 4.71. The molecule has 0 heterocycles. The van der Waals surface area contributed by atoms with E-state index < -0.39 is 12.1 Å². The number of aliphatic hydroxyl groups excluding tert-OH is 1. The number of carbonyl (C=O) groups excluding carboxylic acids is 1. The fraction of sp³-hybridized carbons (Fsp3) is 0.364. The van der Waals surface area contributed by atoms with E-state index in [4.69, 9.17) is 4.74 Å². The molecule has 0 amide bonds. The van der Waals surface area contributed by atoms with E-state index in [1.807, 2.05) is 18.4 Å². The van der Waals surface area contributed by atoms with Gasteiger partial charge >= 0.3 is 5.97 Å². The Kier molecular flexibility index (Phi) is 5.31. The molecule has 0 fully saturated rings. The van der Waals surface area contributed by atoms with E-state index in [1.54, 1.807) is 13.0 Å². The fourth-order valence-electron chi connectivity index (χ4n) is 1.30. The smallest absolute Gasteiger partial charge is 0.339 e. The molecular weight excluding hydrogens is 292 g/mol. The molecule has 1 aromatic rings. The average Bonchev–Trinajstić information content (AvgIpc) is 2.28. The van der Waals surface area contributed by atoms with Gasteiger partial charge in [0.1, 0.15) is 0 Å². The topological polar surface area (TPSA) is 46.5 Å². The zero-order valence-electron chi connectivity index (χ0n) is 9.07. The Morgan fingerprint density at radius 1 is 1.62 bits per heavy atom. The number of rotatable bonds is 4. The normalized spacial score (nSPS) is 12.2. The lowest BCUT2D eigenvalue weighted by Gasteiger charge is -2.14. The highest BCUT2D eigenvalue weighted by molar-refractivity contribution is 9.10. The van der Waals surface area contributed by atoms with Gasteiger partial charge in [0.15, 0.2) is 6.10 Å². The van der Waals surface area contributed by atoms with Gasteiger partial charge in [-0.1, -0.05) is 22.0 Å². The first-order valence-corrected chi connectivity index (χ1v) is 6.80. The predicted molar refractivity (Wildman–Crippen MR) is 67.5 cm³/mol. The number of carbonyl (C=O) groups is 1. The van der Waals surface area contributed by atoms with E-state index in [9.17, 15) is 9.90 Å². The second kappa shape index (κ2) is 6.27. The molecule has 1 unspecified atom stereocenters. The third-order valence-electron chi connectivity index (χ3n) is 2.02. The van der Waals surface area contributed by atoms with Gasteiger partial charge in [0.2, 0.25) is 0 Å². The van der Waals surface area contributed by atoms with E-state index in [0.29, 0.717) is 10.0 Å². The minimum absolute atomic E-state index is 0.259. The zero-order chi connectivity index (χ0) is 12.1. The van der Waals surface area contributed by atoms with Crippen molar-refractivity contribution in [2.75, 3.05) is 12.9 Å². The first kappa shape index (κ1) is 13.5. The van der Waals surface area contributed by atoms with Crippen LogP contribution in [0.25, 0.3) is 0 Å². The van der Waals surface area contributed by atoms with Crippen LogP contribution in [0.2, 0.25) is 0 Å². The third-order valence-corrected chi connectivity index (χ3v) is 3.50. The van der Waals surface area contributed by atoms with E-state index in [0.717, 1.165) is 4.90 Å². The Labute approximate surface area is 107 Å². The van der Waals surface area contributed by atoms with Crippen LogP contribution in [0.4, 0.5) is 0 Å². The standard InChI is InChI=1S/C11H13BrO3S/c1-3-15-11(14)10(13)9-7(12)5-4-6-8(9)16-2/h4-6,10,13H,3H2,1-2H3. The molecule has 1 aromatic carbocycles. The van der Waals surface area contributed by atoms with E-state index in [1.165, 1.54) is 11.8 Å². The van der Waals surface area contributed by atoms with E-state index >= 15 is 0 Å². The molecule has 1 atom stereocenters. The van der Waals surface area contributed by atoms with Crippen LogP contribution < -0.4 is 0 Å². The van der Waals surface area contributed by atoms with E-state index in [-0.39, 0.29) is 6.61 Å². The monoisotopic (exact) mass is 304 g/mol. The van der Waals surface area contributed by atoms with Crippen molar-refractivity contribution in [2.45, 2.75) is 17.9 Å². The Bertz CT molecular complexity index is 381. The molecule has 0 aliphatic heterocycles.